The molecule has 0 unspecified atom stereocenters. The van der Waals surface area contributed by atoms with Gasteiger partial charge in [-0.3, -0.25) is 9.59 Å². The van der Waals surface area contributed by atoms with Gasteiger partial charge in [0.25, 0.3) is 5.91 Å². The van der Waals surface area contributed by atoms with Gasteiger partial charge in [-0.25, -0.2) is 0 Å². The second kappa shape index (κ2) is 13.3. The third-order valence-corrected chi connectivity index (χ3v) is 6.09. The van der Waals surface area contributed by atoms with Crippen LogP contribution in [0.3, 0.4) is 0 Å². The molecule has 7 nitrogen and oxygen atoms in total. The number of carbonyl (C=O) groups excluding carboxylic acids is 2. The number of anilines is 1. The van der Waals surface area contributed by atoms with Crippen LogP contribution < -0.4 is 5.32 Å². The monoisotopic (exact) mass is 531 g/mol. The molecule has 1 heterocycles. The van der Waals surface area contributed by atoms with E-state index in [1.807, 2.05) is 34.9 Å². The van der Waals surface area contributed by atoms with Crippen molar-refractivity contribution < 1.29 is 32.2 Å². The van der Waals surface area contributed by atoms with E-state index < -0.39 is 17.6 Å². The molecule has 2 amide bonds. The Kier molecular flexibility index (Phi) is 10.1. The number of hydrogen-bond donors (Lipinski definition) is 1. The van der Waals surface area contributed by atoms with Gasteiger partial charge in [-0.1, -0.05) is 36.4 Å². The molecule has 0 spiro atoms. The van der Waals surface area contributed by atoms with Gasteiger partial charge in [0.05, 0.1) is 24.3 Å². The Labute approximate surface area is 220 Å². The second-order valence-corrected chi connectivity index (χ2v) is 8.79. The summed E-state index contributed by atoms with van der Waals surface area (Å²) in [5.41, 5.74) is 1.95. The van der Waals surface area contributed by atoms with Crippen LogP contribution in [0.15, 0.2) is 60.7 Å². The highest BCUT2D eigenvalue weighted by atomic mass is 19.4. The van der Waals surface area contributed by atoms with Crippen molar-refractivity contribution in [2.75, 3.05) is 45.8 Å². The molecule has 0 radical (unpaired) electrons. The number of nitrogens with zero attached hydrogens (tertiary/aromatic N) is 2. The molecule has 2 aromatic carbocycles. The molecule has 0 atom stereocenters. The number of likely N-dealkylation sites (N-methyl/N-ethyl adjacent to an activating group) is 1. The minimum Gasteiger partial charge on any atom is -0.382 e. The molecule has 10 heteroatoms. The van der Waals surface area contributed by atoms with Gasteiger partial charge < -0.3 is 24.3 Å². The van der Waals surface area contributed by atoms with Crippen molar-refractivity contribution in [1.29, 1.82) is 0 Å². The first-order chi connectivity index (χ1) is 18.1. The van der Waals surface area contributed by atoms with Crippen LogP contribution in [0.2, 0.25) is 0 Å². The lowest BCUT2D eigenvalue weighted by Gasteiger charge is -2.19. The Morgan fingerprint density at radius 3 is 2.45 bits per heavy atom. The standard InChI is InChI=1S/C28H32F3N3O4/c1-20-24(27(36)32-23-12-7-11-22(17-23)28(29,30)31)18-25(21-9-5-4-6-10-21)34(20)14-8-13-33(2)26(35)19-38-16-15-37-3/h4-7,9-12,17-18H,8,13-16,19H2,1-3H3,(H,32,36). The largest absolute Gasteiger partial charge is 0.416 e. The summed E-state index contributed by atoms with van der Waals surface area (Å²) in [5, 5.41) is 2.59. The van der Waals surface area contributed by atoms with Crippen LogP contribution in [0.4, 0.5) is 18.9 Å². The van der Waals surface area contributed by atoms with Gasteiger partial charge in [-0.2, -0.15) is 13.2 Å². The number of nitrogens with one attached hydrogen (secondary N) is 1. The minimum absolute atomic E-state index is 0.0302. The van der Waals surface area contributed by atoms with Crippen molar-refractivity contribution in [3.63, 3.8) is 0 Å². The Balaban J connectivity index is 1.76. The van der Waals surface area contributed by atoms with Crippen molar-refractivity contribution >= 4 is 17.5 Å². The van der Waals surface area contributed by atoms with E-state index in [2.05, 4.69) is 5.32 Å². The van der Waals surface area contributed by atoms with E-state index in [0.717, 1.165) is 23.4 Å². The number of methoxy groups -OCH3 is 1. The summed E-state index contributed by atoms with van der Waals surface area (Å²) in [7, 11) is 3.27. The van der Waals surface area contributed by atoms with Gasteiger partial charge in [-0.05, 0) is 43.2 Å². The van der Waals surface area contributed by atoms with E-state index in [4.69, 9.17) is 9.47 Å². The average molecular weight is 532 g/mol. The fourth-order valence-electron chi connectivity index (χ4n) is 3.99. The molecule has 0 aliphatic carbocycles. The number of aromatic nitrogens is 1. The molecule has 38 heavy (non-hydrogen) atoms. The Hall–Kier alpha value is -3.63. The fourth-order valence-corrected chi connectivity index (χ4v) is 3.99. The number of rotatable bonds is 12. The van der Waals surface area contributed by atoms with Gasteiger partial charge in [0, 0.05) is 44.3 Å². The average Bonchev–Trinajstić information content (AvgIpc) is 3.22. The number of benzene rings is 2. The molecular formula is C28H32F3N3O4. The molecule has 0 saturated heterocycles. The minimum atomic E-state index is -4.51. The second-order valence-electron chi connectivity index (χ2n) is 8.79. The highest BCUT2D eigenvalue weighted by molar-refractivity contribution is 6.06. The lowest BCUT2D eigenvalue weighted by molar-refractivity contribution is -0.137. The smallest absolute Gasteiger partial charge is 0.382 e. The maximum absolute atomic E-state index is 13.1. The van der Waals surface area contributed by atoms with Crippen molar-refractivity contribution in [3.05, 3.63) is 77.5 Å². The zero-order valence-electron chi connectivity index (χ0n) is 21.7. The highest BCUT2D eigenvalue weighted by Gasteiger charge is 2.30. The summed E-state index contributed by atoms with van der Waals surface area (Å²) in [6.07, 6.45) is -3.89. The number of amides is 2. The summed E-state index contributed by atoms with van der Waals surface area (Å²) >= 11 is 0. The molecule has 3 aromatic rings. The molecular weight excluding hydrogens is 499 g/mol. The SMILES string of the molecule is COCCOCC(=O)N(C)CCCn1c(-c2ccccc2)cc(C(=O)Nc2cccc(C(F)(F)F)c2)c1C. The molecule has 0 saturated carbocycles. The predicted octanol–water partition coefficient (Wildman–Crippen LogP) is 5.25. The molecule has 3 rings (SSSR count). The maximum Gasteiger partial charge on any atom is 0.416 e. The maximum atomic E-state index is 13.1. The summed E-state index contributed by atoms with van der Waals surface area (Å²) in [5.74, 6) is -0.645. The molecule has 0 fully saturated rings. The number of alkyl halides is 3. The van der Waals surface area contributed by atoms with Gasteiger partial charge in [-0.15, -0.1) is 0 Å². The van der Waals surface area contributed by atoms with Crippen LogP contribution >= 0.6 is 0 Å². The highest BCUT2D eigenvalue weighted by Crippen LogP contribution is 2.31. The summed E-state index contributed by atoms with van der Waals surface area (Å²) < 4.78 is 51.5. The van der Waals surface area contributed by atoms with Crippen LogP contribution in [-0.4, -0.2) is 61.8 Å². The first kappa shape index (κ1) is 28.9. The zero-order chi connectivity index (χ0) is 27.7. The first-order valence-corrected chi connectivity index (χ1v) is 12.2. The third-order valence-electron chi connectivity index (χ3n) is 6.09. The summed E-state index contributed by atoms with van der Waals surface area (Å²) in [6, 6.07) is 15.8. The quantitative estimate of drug-likeness (QED) is 0.324. The number of hydrogen-bond acceptors (Lipinski definition) is 4. The normalized spacial score (nSPS) is 11.4. The number of halogens is 3. The number of carbonyl (C=O) groups is 2. The lowest BCUT2D eigenvalue weighted by Crippen LogP contribution is -2.32. The van der Waals surface area contributed by atoms with E-state index in [0.29, 0.717) is 44.0 Å². The third kappa shape index (κ3) is 7.69. The van der Waals surface area contributed by atoms with Gasteiger partial charge in [0.15, 0.2) is 0 Å². The molecule has 0 aliphatic heterocycles. The fraction of sp³-hybridized carbons (Fsp3) is 0.357. The van der Waals surface area contributed by atoms with Crippen molar-refractivity contribution in [2.45, 2.75) is 26.1 Å². The molecule has 0 bridgehead atoms. The van der Waals surface area contributed by atoms with Crippen LogP contribution in [0, 0.1) is 6.92 Å². The van der Waals surface area contributed by atoms with Gasteiger partial charge in [0.2, 0.25) is 5.91 Å². The summed E-state index contributed by atoms with van der Waals surface area (Å²) in [6.45, 7) is 3.52. The van der Waals surface area contributed by atoms with E-state index in [1.165, 1.54) is 12.1 Å². The van der Waals surface area contributed by atoms with E-state index in [9.17, 15) is 22.8 Å². The van der Waals surface area contributed by atoms with Crippen molar-refractivity contribution in [3.8, 4) is 11.3 Å². The van der Waals surface area contributed by atoms with E-state index in [1.54, 1.807) is 32.0 Å². The first-order valence-electron chi connectivity index (χ1n) is 12.2. The molecule has 1 aromatic heterocycles. The molecule has 0 aliphatic rings. The van der Waals surface area contributed by atoms with E-state index in [-0.39, 0.29) is 18.2 Å². The van der Waals surface area contributed by atoms with Crippen LogP contribution in [0.5, 0.6) is 0 Å². The Morgan fingerprint density at radius 2 is 1.76 bits per heavy atom. The van der Waals surface area contributed by atoms with Gasteiger partial charge >= 0.3 is 6.18 Å². The van der Waals surface area contributed by atoms with Crippen molar-refractivity contribution in [2.24, 2.45) is 0 Å². The topological polar surface area (TPSA) is 72.8 Å². The Bertz CT molecular complexity index is 1230. The lowest BCUT2D eigenvalue weighted by atomic mass is 10.1. The predicted molar refractivity (Wildman–Crippen MR) is 139 cm³/mol. The van der Waals surface area contributed by atoms with Crippen molar-refractivity contribution in [1.82, 2.24) is 9.47 Å². The van der Waals surface area contributed by atoms with Gasteiger partial charge in [0.1, 0.15) is 6.61 Å². The molecule has 1 N–H and O–H groups in total. The summed E-state index contributed by atoms with van der Waals surface area (Å²) in [4.78, 5) is 27.0. The number of ether oxygens (including phenoxy) is 2. The van der Waals surface area contributed by atoms with Crippen LogP contribution in [-0.2, 0) is 27.0 Å². The molecule has 204 valence electrons. The van der Waals surface area contributed by atoms with Crippen LogP contribution in [0.1, 0.15) is 28.0 Å². The zero-order valence-corrected chi connectivity index (χ0v) is 21.7. The Morgan fingerprint density at radius 1 is 1.03 bits per heavy atom. The van der Waals surface area contributed by atoms with Crippen LogP contribution in [0.25, 0.3) is 11.3 Å². The van der Waals surface area contributed by atoms with E-state index >= 15 is 0 Å².